The van der Waals surface area contributed by atoms with Gasteiger partial charge in [0, 0.05) is 12.6 Å². The molecule has 4 heteroatoms. The normalized spacial score (nSPS) is 13.6. The summed E-state index contributed by atoms with van der Waals surface area (Å²) < 4.78 is 12.9. The number of rotatable bonds is 4. The summed E-state index contributed by atoms with van der Waals surface area (Å²) in [6.45, 7) is 6.31. The molecular formula is C12H19FN2O. The minimum atomic E-state index is -0.498. The highest BCUT2D eigenvalue weighted by Gasteiger charge is 2.24. The lowest BCUT2D eigenvalue weighted by Crippen LogP contribution is -2.35. The van der Waals surface area contributed by atoms with Crippen molar-refractivity contribution in [2.24, 2.45) is 5.41 Å². The maximum Gasteiger partial charge on any atom is 0.214 e. The van der Waals surface area contributed by atoms with Crippen LogP contribution >= 0.6 is 0 Å². The summed E-state index contributed by atoms with van der Waals surface area (Å²) in [4.78, 5) is 3.75. The van der Waals surface area contributed by atoms with Crippen LogP contribution in [-0.4, -0.2) is 22.7 Å². The molecule has 3 nitrogen and oxygen atoms in total. The fourth-order valence-corrected chi connectivity index (χ4v) is 1.52. The van der Waals surface area contributed by atoms with E-state index in [1.54, 1.807) is 12.1 Å². The molecule has 0 spiro atoms. The molecule has 0 bridgehead atoms. The van der Waals surface area contributed by atoms with Crippen LogP contribution in [-0.2, 0) is 0 Å². The van der Waals surface area contributed by atoms with E-state index in [0.29, 0.717) is 12.2 Å². The Morgan fingerprint density at radius 3 is 2.62 bits per heavy atom. The highest BCUT2D eigenvalue weighted by molar-refractivity contribution is 5.35. The van der Waals surface area contributed by atoms with Crippen LogP contribution in [0.4, 0.5) is 10.2 Å². The van der Waals surface area contributed by atoms with Gasteiger partial charge in [0.25, 0.3) is 0 Å². The van der Waals surface area contributed by atoms with Gasteiger partial charge in [-0.05, 0) is 24.0 Å². The van der Waals surface area contributed by atoms with E-state index >= 15 is 0 Å². The second kappa shape index (κ2) is 5.25. The molecule has 0 fully saturated rings. The number of pyridine rings is 1. The lowest BCUT2D eigenvalue weighted by molar-refractivity contribution is 0.235. The van der Waals surface area contributed by atoms with Gasteiger partial charge in [-0.25, -0.2) is 4.98 Å². The smallest absolute Gasteiger partial charge is 0.214 e. The van der Waals surface area contributed by atoms with E-state index in [4.69, 9.17) is 5.11 Å². The number of hydrogen-bond acceptors (Lipinski definition) is 3. The fourth-order valence-electron chi connectivity index (χ4n) is 1.52. The number of halogens is 1. The first-order chi connectivity index (χ1) is 7.43. The SMILES string of the molecule is CC(C)(C)C(CCO)Nc1cccc(F)n1. The number of anilines is 1. The monoisotopic (exact) mass is 226 g/mol. The molecule has 1 heterocycles. The van der Waals surface area contributed by atoms with Crippen LogP contribution in [0.2, 0.25) is 0 Å². The molecule has 0 saturated heterocycles. The van der Waals surface area contributed by atoms with Crippen molar-refractivity contribution in [2.75, 3.05) is 11.9 Å². The molecule has 1 aromatic heterocycles. The molecule has 1 unspecified atom stereocenters. The molecule has 0 amide bonds. The average molecular weight is 226 g/mol. The van der Waals surface area contributed by atoms with Crippen molar-refractivity contribution < 1.29 is 9.50 Å². The topological polar surface area (TPSA) is 45.1 Å². The van der Waals surface area contributed by atoms with Gasteiger partial charge in [-0.15, -0.1) is 0 Å². The zero-order valence-electron chi connectivity index (χ0n) is 10.00. The van der Waals surface area contributed by atoms with Crippen LogP contribution in [0.5, 0.6) is 0 Å². The highest BCUT2D eigenvalue weighted by Crippen LogP contribution is 2.24. The van der Waals surface area contributed by atoms with Gasteiger partial charge >= 0.3 is 0 Å². The van der Waals surface area contributed by atoms with Crippen molar-refractivity contribution in [2.45, 2.75) is 33.2 Å². The van der Waals surface area contributed by atoms with Gasteiger partial charge in [0.1, 0.15) is 5.82 Å². The molecule has 90 valence electrons. The third-order valence-electron chi connectivity index (χ3n) is 2.50. The zero-order valence-corrected chi connectivity index (χ0v) is 10.00. The van der Waals surface area contributed by atoms with E-state index in [1.807, 2.05) is 0 Å². The van der Waals surface area contributed by atoms with Crippen molar-refractivity contribution >= 4 is 5.82 Å². The van der Waals surface area contributed by atoms with Gasteiger partial charge < -0.3 is 10.4 Å². The van der Waals surface area contributed by atoms with Crippen LogP contribution in [0.15, 0.2) is 18.2 Å². The highest BCUT2D eigenvalue weighted by atomic mass is 19.1. The Balaban J connectivity index is 2.76. The van der Waals surface area contributed by atoms with Crippen molar-refractivity contribution in [3.05, 3.63) is 24.1 Å². The van der Waals surface area contributed by atoms with Gasteiger partial charge in [-0.2, -0.15) is 4.39 Å². The fraction of sp³-hybridized carbons (Fsp3) is 0.583. The molecule has 0 aliphatic carbocycles. The summed E-state index contributed by atoms with van der Waals surface area (Å²) in [5.74, 6) is 0.00929. The van der Waals surface area contributed by atoms with Crippen LogP contribution < -0.4 is 5.32 Å². The van der Waals surface area contributed by atoms with Gasteiger partial charge in [0.2, 0.25) is 5.95 Å². The zero-order chi connectivity index (χ0) is 12.2. The summed E-state index contributed by atoms with van der Waals surface area (Å²) >= 11 is 0. The summed E-state index contributed by atoms with van der Waals surface area (Å²) in [6, 6.07) is 4.71. The quantitative estimate of drug-likeness (QED) is 0.775. The first-order valence-corrected chi connectivity index (χ1v) is 5.43. The van der Waals surface area contributed by atoms with E-state index in [2.05, 4.69) is 31.1 Å². The molecular weight excluding hydrogens is 207 g/mol. The summed E-state index contributed by atoms with van der Waals surface area (Å²) in [7, 11) is 0. The third-order valence-corrected chi connectivity index (χ3v) is 2.50. The van der Waals surface area contributed by atoms with E-state index in [0.717, 1.165) is 0 Å². The maximum atomic E-state index is 12.9. The molecule has 1 aromatic rings. The number of nitrogens with zero attached hydrogens (tertiary/aromatic N) is 1. The van der Waals surface area contributed by atoms with Crippen LogP contribution in [0, 0.1) is 11.4 Å². The lowest BCUT2D eigenvalue weighted by Gasteiger charge is -2.31. The third kappa shape index (κ3) is 3.77. The van der Waals surface area contributed by atoms with Crippen molar-refractivity contribution in [3.8, 4) is 0 Å². The maximum absolute atomic E-state index is 12.9. The number of aromatic nitrogens is 1. The molecule has 0 saturated carbocycles. The number of nitrogens with one attached hydrogen (secondary N) is 1. The van der Waals surface area contributed by atoms with E-state index in [1.165, 1.54) is 6.07 Å². The Morgan fingerprint density at radius 2 is 2.12 bits per heavy atom. The van der Waals surface area contributed by atoms with Gasteiger partial charge in [-0.1, -0.05) is 26.8 Å². The number of hydrogen-bond donors (Lipinski definition) is 2. The van der Waals surface area contributed by atoms with E-state index in [-0.39, 0.29) is 18.1 Å². The first-order valence-electron chi connectivity index (χ1n) is 5.43. The largest absolute Gasteiger partial charge is 0.396 e. The number of aliphatic hydroxyl groups is 1. The van der Waals surface area contributed by atoms with Crippen LogP contribution in [0.25, 0.3) is 0 Å². The number of aliphatic hydroxyl groups excluding tert-OH is 1. The summed E-state index contributed by atoms with van der Waals surface area (Å²) in [5, 5.41) is 12.1. The second-order valence-electron chi connectivity index (χ2n) is 4.92. The predicted octanol–water partition coefficient (Wildman–Crippen LogP) is 2.43. The van der Waals surface area contributed by atoms with Crippen LogP contribution in [0.1, 0.15) is 27.2 Å². The van der Waals surface area contributed by atoms with Crippen molar-refractivity contribution in [1.82, 2.24) is 4.98 Å². The molecule has 1 rings (SSSR count). The molecule has 16 heavy (non-hydrogen) atoms. The standard InChI is InChI=1S/C12H19FN2O/c1-12(2,3)9(7-8-16)14-11-6-4-5-10(13)15-11/h4-6,9,16H,7-8H2,1-3H3,(H,14,15). The Morgan fingerprint density at radius 1 is 1.44 bits per heavy atom. The molecule has 2 N–H and O–H groups in total. The van der Waals surface area contributed by atoms with Gasteiger partial charge in [0.15, 0.2) is 0 Å². The molecule has 0 aromatic carbocycles. The van der Waals surface area contributed by atoms with E-state index < -0.39 is 5.95 Å². The summed E-state index contributed by atoms with van der Waals surface area (Å²) in [6.07, 6.45) is 0.613. The minimum Gasteiger partial charge on any atom is -0.396 e. The van der Waals surface area contributed by atoms with Gasteiger partial charge in [0.05, 0.1) is 0 Å². The average Bonchev–Trinajstić information content (AvgIpc) is 2.16. The Kier molecular flexibility index (Phi) is 4.24. The van der Waals surface area contributed by atoms with Crippen molar-refractivity contribution in [1.29, 1.82) is 0 Å². The predicted molar refractivity (Wildman–Crippen MR) is 62.8 cm³/mol. The van der Waals surface area contributed by atoms with Crippen molar-refractivity contribution in [3.63, 3.8) is 0 Å². The lowest BCUT2D eigenvalue weighted by atomic mass is 9.85. The Hall–Kier alpha value is -1.16. The van der Waals surface area contributed by atoms with E-state index in [9.17, 15) is 4.39 Å². The molecule has 0 aliphatic heterocycles. The first kappa shape index (κ1) is 12.9. The molecule has 0 radical (unpaired) electrons. The molecule has 1 atom stereocenters. The minimum absolute atomic E-state index is 0.0171. The Bertz CT molecular complexity index is 336. The Labute approximate surface area is 95.7 Å². The molecule has 0 aliphatic rings. The van der Waals surface area contributed by atoms with Crippen LogP contribution in [0.3, 0.4) is 0 Å². The van der Waals surface area contributed by atoms with Gasteiger partial charge in [-0.3, -0.25) is 0 Å². The second-order valence-corrected chi connectivity index (χ2v) is 4.92. The summed E-state index contributed by atoms with van der Waals surface area (Å²) in [5.41, 5.74) is -0.0171.